The highest BCUT2D eigenvalue weighted by Crippen LogP contribution is 2.43. The summed E-state index contributed by atoms with van der Waals surface area (Å²) < 4.78 is 8.77. The Morgan fingerprint density at radius 2 is 1.88 bits per heavy atom. The second-order valence-electron chi connectivity index (χ2n) is 9.03. The van der Waals surface area contributed by atoms with E-state index in [1.54, 1.807) is 0 Å². The fraction of sp³-hybridized carbons (Fsp3) is 0.333. The molecular formula is C27H27N3O2. The van der Waals surface area contributed by atoms with Crippen LogP contribution in [-0.2, 0) is 13.5 Å². The standard InChI is InChI=1S/C27H27N3O2/c1-17-28-25-23(29(17)2)16-22(27(31)30-14-5-6-15-30)21-12-13-24(32-26(21)25)20-11-7-9-18-8-3-4-10-19(18)20/h3-4,7-11,16,24H,5-6,12-15H2,1-2H3/t24-/m0/s1. The molecule has 162 valence electrons. The van der Waals surface area contributed by atoms with Crippen molar-refractivity contribution in [2.24, 2.45) is 7.05 Å². The van der Waals surface area contributed by atoms with Crippen molar-refractivity contribution in [3.8, 4) is 5.75 Å². The van der Waals surface area contributed by atoms with Crippen LogP contribution in [0.25, 0.3) is 21.8 Å². The number of aryl methyl sites for hydroxylation is 2. The van der Waals surface area contributed by atoms with E-state index in [9.17, 15) is 4.79 Å². The molecule has 0 spiro atoms. The summed E-state index contributed by atoms with van der Waals surface area (Å²) in [6, 6.07) is 16.9. The number of imidazole rings is 1. The summed E-state index contributed by atoms with van der Waals surface area (Å²) in [6.07, 6.45) is 3.76. The first-order chi connectivity index (χ1) is 15.6. The molecule has 0 saturated carbocycles. The summed E-state index contributed by atoms with van der Waals surface area (Å²) in [5.74, 6) is 1.84. The average molecular weight is 426 g/mol. The quantitative estimate of drug-likeness (QED) is 0.436. The van der Waals surface area contributed by atoms with Crippen molar-refractivity contribution < 1.29 is 9.53 Å². The van der Waals surface area contributed by atoms with Crippen molar-refractivity contribution >= 4 is 27.7 Å². The number of aromatic nitrogens is 2. The summed E-state index contributed by atoms with van der Waals surface area (Å²) in [7, 11) is 2.01. The predicted octanol–water partition coefficient (Wildman–Crippen LogP) is 5.34. The Balaban J connectivity index is 1.50. The zero-order chi connectivity index (χ0) is 21.8. The van der Waals surface area contributed by atoms with E-state index in [0.29, 0.717) is 0 Å². The van der Waals surface area contributed by atoms with E-state index in [-0.39, 0.29) is 12.0 Å². The lowest BCUT2D eigenvalue weighted by Gasteiger charge is -2.29. The predicted molar refractivity (Wildman–Crippen MR) is 126 cm³/mol. The third kappa shape index (κ3) is 2.91. The first-order valence-corrected chi connectivity index (χ1v) is 11.5. The summed E-state index contributed by atoms with van der Waals surface area (Å²) in [6.45, 7) is 3.68. The lowest BCUT2D eigenvalue weighted by atomic mass is 9.91. The Morgan fingerprint density at radius 1 is 1.09 bits per heavy atom. The highest BCUT2D eigenvalue weighted by Gasteiger charge is 2.32. The highest BCUT2D eigenvalue weighted by atomic mass is 16.5. The maximum atomic E-state index is 13.4. The zero-order valence-corrected chi connectivity index (χ0v) is 18.6. The molecule has 6 rings (SSSR count). The number of benzene rings is 3. The van der Waals surface area contributed by atoms with Crippen molar-refractivity contribution in [1.82, 2.24) is 14.5 Å². The molecular weight excluding hydrogens is 398 g/mol. The number of hydrogen-bond donors (Lipinski definition) is 0. The fourth-order valence-corrected chi connectivity index (χ4v) is 5.33. The molecule has 0 aliphatic carbocycles. The summed E-state index contributed by atoms with van der Waals surface area (Å²) in [5.41, 5.74) is 4.83. The molecule has 1 atom stereocenters. The van der Waals surface area contributed by atoms with Crippen LogP contribution in [0.4, 0.5) is 0 Å². The van der Waals surface area contributed by atoms with Crippen molar-refractivity contribution in [3.05, 3.63) is 71.0 Å². The van der Waals surface area contributed by atoms with Gasteiger partial charge in [-0.3, -0.25) is 4.79 Å². The van der Waals surface area contributed by atoms with Crippen LogP contribution in [0.5, 0.6) is 5.75 Å². The van der Waals surface area contributed by atoms with Gasteiger partial charge < -0.3 is 14.2 Å². The molecule has 0 radical (unpaired) electrons. The first-order valence-electron chi connectivity index (χ1n) is 11.5. The number of carbonyl (C=O) groups excluding carboxylic acids is 1. The number of nitrogens with zero attached hydrogens (tertiary/aromatic N) is 3. The number of amides is 1. The van der Waals surface area contributed by atoms with Crippen LogP contribution in [0.3, 0.4) is 0 Å². The molecule has 5 nitrogen and oxygen atoms in total. The van der Waals surface area contributed by atoms with Crippen LogP contribution in [0, 0.1) is 6.92 Å². The van der Waals surface area contributed by atoms with Gasteiger partial charge in [-0.25, -0.2) is 4.98 Å². The first kappa shape index (κ1) is 19.4. The van der Waals surface area contributed by atoms with E-state index in [0.717, 1.165) is 72.5 Å². The summed E-state index contributed by atoms with van der Waals surface area (Å²) in [5, 5.41) is 2.44. The van der Waals surface area contributed by atoms with Crippen LogP contribution in [-0.4, -0.2) is 33.4 Å². The van der Waals surface area contributed by atoms with Crippen LogP contribution < -0.4 is 4.74 Å². The minimum Gasteiger partial charge on any atom is -0.483 e. The van der Waals surface area contributed by atoms with E-state index >= 15 is 0 Å². The Kier molecular flexibility index (Phi) is 4.46. The Morgan fingerprint density at radius 3 is 2.72 bits per heavy atom. The van der Waals surface area contributed by atoms with Gasteiger partial charge in [0.15, 0.2) is 5.75 Å². The number of carbonyl (C=O) groups is 1. The number of ether oxygens (including phenoxy) is 1. The molecule has 2 aliphatic heterocycles. The van der Waals surface area contributed by atoms with Gasteiger partial charge in [0.1, 0.15) is 17.4 Å². The number of likely N-dealkylation sites (tertiary alicyclic amines) is 1. The fourth-order valence-electron chi connectivity index (χ4n) is 5.33. The van der Waals surface area contributed by atoms with E-state index in [1.165, 1.54) is 16.3 Å². The minimum atomic E-state index is -0.0590. The van der Waals surface area contributed by atoms with Crippen molar-refractivity contribution in [3.63, 3.8) is 0 Å². The minimum absolute atomic E-state index is 0.0590. The van der Waals surface area contributed by atoms with E-state index < -0.39 is 0 Å². The van der Waals surface area contributed by atoms with Gasteiger partial charge in [-0.2, -0.15) is 0 Å². The third-order valence-electron chi connectivity index (χ3n) is 7.17. The SMILES string of the molecule is Cc1nc2c3c(c(C(=O)N4CCCC4)cc2n1C)CC[C@@H](c1cccc2ccccc12)O3. The molecule has 32 heavy (non-hydrogen) atoms. The van der Waals surface area contributed by atoms with Crippen molar-refractivity contribution in [2.75, 3.05) is 13.1 Å². The topological polar surface area (TPSA) is 47.4 Å². The third-order valence-corrected chi connectivity index (χ3v) is 7.17. The van der Waals surface area contributed by atoms with Crippen LogP contribution >= 0.6 is 0 Å². The largest absolute Gasteiger partial charge is 0.483 e. The molecule has 1 amide bonds. The monoisotopic (exact) mass is 425 g/mol. The lowest BCUT2D eigenvalue weighted by Crippen LogP contribution is -2.29. The maximum Gasteiger partial charge on any atom is 0.254 e. The van der Waals surface area contributed by atoms with Gasteiger partial charge in [0.25, 0.3) is 5.91 Å². The van der Waals surface area contributed by atoms with Gasteiger partial charge in [0, 0.05) is 36.8 Å². The van der Waals surface area contributed by atoms with Gasteiger partial charge in [0.05, 0.1) is 5.52 Å². The number of hydrogen-bond acceptors (Lipinski definition) is 3. The highest BCUT2D eigenvalue weighted by molar-refractivity contribution is 6.02. The molecule has 0 bridgehead atoms. The normalized spacial score (nSPS) is 18.2. The van der Waals surface area contributed by atoms with Crippen LogP contribution in [0.15, 0.2) is 48.5 Å². The smallest absolute Gasteiger partial charge is 0.254 e. The molecule has 2 aliphatic rings. The Labute approximate surface area is 187 Å². The second-order valence-corrected chi connectivity index (χ2v) is 9.03. The van der Waals surface area contributed by atoms with Crippen molar-refractivity contribution in [2.45, 2.75) is 38.7 Å². The van der Waals surface area contributed by atoms with Crippen LogP contribution in [0.1, 0.15) is 52.7 Å². The number of rotatable bonds is 2. The van der Waals surface area contributed by atoms with Gasteiger partial charge in [-0.15, -0.1) is 0 Å². The number of fused-ring (bicyclic) bond motifs is 4. The molecule has 0 unspecified atom stereocenters. The molecule has 5 heteroatoms. The lowest BCUT2D eigenvalue weighted by molar-refractivity contribution is 0.0789. The second kappa shape index (κ2) is 7.37. The summed E-state index contributed by atoms with van der Waals surface area (Å²) in [4.78, 5) is 20.3. The van der Waals surface area contributed by atoms with E-state index in [1.807, 2.05) is 24.9 Å². The van der Waals surface area contributed by atoms with E-state index in [2.05, 4.69) is 47.0 Å². The molecule has 0 N–H and O–H groups in total. The molecule has 3 heterocycles. The molecule has 3 aromatic carbocycles. The van der Waals surface area contributed by atoms with Gasteiger partial charge >= 0.3 is 0 Å². The maximum absolute atomic E-state index is 13.4. The van der Waals surface area contributed by atoms with Crippen molar-refractivity contribution in [1.29, 1.82) is 0 Å². The average Bonchev–Trinajstić information content (AvgIpc) is 3.46. The van der Waals surface area contributed by atoms with Gasteiger partial charge in [-0.1, -0.05) is 42.5 Å². The van der Waals surface area contributed by atoms with Gasteiger partial charge in [-0.05, 0) is 49.4 Å². The molecule has 1 fully saturated rings. The molecule has 1 saturated heterocycles. The molecule has 1 aromatic heterocycles. The zero-order valence-electron chi connectivity index (χ0n) is 18.6. The Bertz CT molecular complexity index is 1360. The van der Waals surface area contributed by atoms with Crippen LogP contribution in [0.2, 0.25) is 0 Å². The van der Waals surface area contributed by atoms with E-state index in [4.69, 9.17) is 9.72 Å². The molecule has 4 aromatic rings. The van der Waals surface area contributed by atoms with Gasteiger partial charge in [0.2, 0.25) is 0 Å². The summed E-state index contributed by atoms with van der Waals surface area (Å²) >= 11 is 0. The Hall–Kier alpha value is -3.34.